The van der Waals surface area contributed by atoms with Gasteiger partial charge < -0.3 is 15.7 Å². The van der Waals surface area contributed by atoms with Crippen molar-refractivity contribution in [2.45, 2.75) is 13.0 Å². The van der Waals surface area contributed by atoms with Gasteiger partial charge in [-0.25, -0.2) is 4.79 Å². The molecule has 0 aliphatic heterocycles. The first kappa shape index (κ1) is 13.4. The molecule has 19 heavy (non-hydrogen) atoms. The summed E-state index contributed by atoms with van der Waals surface area (Å²) in [6, 6.07) is 9.12. The zero-order valence-corrected chi connectivity index (χ0v) is 11.6. The van der Waals surface area contributed by atoms with E-state index in [1.165, 1.54) is 10.9 Å². The molecule has 5 heteroatoms. The fraction of sp³-hybridized carbons (Fsp3) is 0.214. The summed E-state index contributed by atoms with van der Waals surface area (Å²) >= 11 is 1.66. The Morgan fingerprint density at radius 3 is 2.74 bits per heavy atom. The van der Waals surface area contributed by atoms with Crippen LogP contribution in [-0.4, -0.2) is 18.1 Å². The zero-order chi connectivity index (χ0) is 14.0. The van der Waals surface area contributed by atoms with Gasteiger partial charge in [0, 0.05) is 17.6 Å². The second-order valence-electron chi connectivity index (χ2n) is 4.38. The van der Waals surface area contributed by atoms with Crippen molar-refractivity contribution >= 4 is 28.7 Å². The molecule has 0 radical (unpaired) electrons. The summed E-state index contributed by atoms with van der Waals surface area (Å²) in [6.45, 7) is 2.05. The third-order valence-corrected chi connectivity index (χ3v) is 4.21. The number of nitrogens with zero attached hydrogens (tertiary/aromatic N) is 1. The number of carboxylic acid groups (broad SMARTS) is 1. The monoisotopic (exact) mass is 276 g/mol. The Morgan fingerprint density at radius 1 is 1.42 bits per heavy atom. The molecule has 0 bridgehead atoms. The molecule has 1 aromatic carbocycles. The van der Waals surface area contributed by atoms with Crippen molar-refractivity contribution in [2.75, 3.05) is 17.7 Å². The van der Waals surface area contributed by atoms with Crippen LogP contribution in [0.1, 0.15) is 28.2 Å². The van der Waals surface area contributed by atoms with E-state index >= 15 is 0 Å². The third-order valence-electron chi connectivity index (χ3n) is 3.17. The highest BCUT2D eigenvalue weighted by molar-refractivity contribution is 7.10. The molecule has 0 saturated heterocycles. The van der Waals surface area contributed by atoms with Crippen LogP contribution in [0.2, 0.25) is 0 Å². The molecule has 1 heterocycles. The Hall–Kier alpha value is -2.01. The largest absolute Gasteiger partial charge is 0.478 e. The van der Waals surface area contributed by atoms with Crippen molar-refractivity contribution in [2.24, 2.45) is 0 Å². The van der Waals surface area contributed by atoms with Crippen LogP contribution in [0.25, 0.3) is 0 Å². The smallest absolute Gasteiger partial charge is 0.337 e. The van der Waals surface area contributed by atoms with E-state index in [2.05, 4.69) is 0 Å². The Labute approximate surface area is 116 Å². The normalized spacial score (nSPS) is 12.1. The van der Waals surface area contributed by atoms with Gasteiger partial charge in [0.1, 0.15) is 0 Å². The van der Waals surface area contributed by atoms with Gasteiger partial charge in [-0.2, -0.15) is 0 Å². The molecule has 100 valence electrons. The minimum atomic E-state index is -0.965. The predicted octanol–water partition coefficient (Wildman–Crippen LogP) is 3.23. The first-order valence-corrected chi connectivity index (χ1v) is 6.77. The van der Waals surface area contributed by atoms with E-state index in [1.54, 1.807) is 23.5 Å². The molecule has 0 aliphatic rings. The minimum Gasteiger partial charge on any atom is -0.478 e. The van der Waals surface area contributed by atoms with Gasteiger partial charge in [-0.1, -0.05) is 6.07 Å². The van der Waals surface area contributed by atoms with Gasteiger partial charge >= 0.3 is 5.97 Å². The summed E-state index contributed by atoms with van der Waals surface area (Å²) < 4.78 is 0. The first-order valence-electron chi connectivity index (χ1n) is 5.89. The SMILES string of the molecule is CC(c1cccs1)N(C)c1ccc(N)cc1C(=O)O. The second kappa shape index (κ2) is 5.32. The fourth-order valence-corrected chi connectivity index (χ4v) is 2.79. The number of benzene rings is 1. The molecular weight excluding hydrogens is 260 g/mol. The molecule has 0 saturated carbocycles. The molecule has 1 unspecified atom stereocenters. The van der Waals surface area contributed by atoms with Gasteiger partial charge in [-0.3, -0.25) is 0 Å². The van der Waals surface area contributed by atoms with Crippen molar-refractivity contribution in [3.63, 3.8) is 0 Å². The van der Waals surface area contributed by atoms with E-state index in [0.29, 0.717) is 11.4 Å². The predicted molar refractivity (Wildman–Crippen MR) is 79.0 cm³/mol. The molecule has 4 nitrogen and oxygen atoms in total. The molecule has 3 N–H and O–H groups in total. The van der Waals surface area contributed by atoms with E-state index in [-0.39, 0.29) is 11.6 Å². The summed E-state index contributed by atoms with van der Waals surface area (Å²) in [5, 5.41) is 11.3. The topological polar surface area (TPSA) is 66.6 Å². The molecule has 1 aromatic heterocycles. The maximum Gasteiger partial charge on any atom is 0.337 e. The van der Waals surface area contributed by atoms with E-state index in [4.69, 9.17) is 5.73 Å². The highest BCUT2D eigenvalue weighted by Gasteiger charge is 2.19. The number of aromatic carboxylic acids is 1. The van der Waals surface area contributed by atoms with E-state index in [9.17, 15) is 9.90 Å². The maximum atomic E-state index is 11.3. The average molecular weight is 276 g/mol. The number of nitrogens with two attached hydrogens (primary N) is 1. The maximum absolute atomic E-state index is 11.3. The van der Waals surface area contributed by atoms with E-state index in [0.717, 1.165) is 0 Å². The number of hydrogen-bond acceptors (Lipinski definition) is 4. The van der Waals surface area contributed by atoms with Crippen LogP contribution in [-0.2, 0) is 0 Å². The first-order chi connectivity index (χ1) is 9.00. The second-order valence-corrected chi connectivity index (χ2v) is 5.36. The van der Waals surface area contributed by atoms with E-state index < -0.39 is 5.97 Å². The lowest BCUT2D eigenvalue weighted by molar-refractivity contribution is 0.0697. The standard InChI is InChI=1S/C14H16N2O2S/c1-9(13-4-3-7-19-13)16(2)12-6-5-10(15)8-11(12)14(17)18/h3-9H,15H2,1-2H3,(H,17,18). The van der Waals surface area contributed by atoms with E-state index in [1.807, 2.05) is 36.4 Å². The Morgan fingerprint density at radius 2 is 2.16 bits per heavy atom. The summed E-state index contributed by atoms with van der Waals surface area (Å²) in [7, 11) is 1.89. The zero-order valence-electron chi connectivity index (χ0n) is 10.8. The lowest BCUT2D eigenvalue weighted by Crippen LogP contribution is -2.23. The number of carbonyl (C=O) groups is 1. The Bertz CT molecular complexity index is 581. The van der Waals surface area contributed by atoms with Gasteiger partial charge in [0.2, 0.25) is 0 Å². The van der Waals surface area contributed by atoms with Crippen LogP contribution < -0.4 is 10.6 Å². The summed E-state index contributed by atoms with van der Waals surface area (Å²) in [4.78, 5) is 14.5. The number of anilines is 2. The van der Waals surface area contributed by atoms with Gasteiger partial charge in [0.25, 0.3) is 0 Å². The van der Waals surface area contributed by atoms with Gasteiger partial charge in [-0.15, -0.1) is 11.3 Å². The van der Waals surface area contributed by atoms with Crippen LogP contribution in [0.3, 0.4) is 0 Å². The summed E-state index contributed by atoms with van der Waals surface area (Å²) in [6.07, 6.45) is 0. The quantitative estimate of drug-likeness (QED) is 0.841. The lowest BCUT2D eigenvalue weighted by atomic mass is 10.1. The van der Waals surface area contributed by atoms with Crippen LogP contribution in [0.15, 0.2) is 35.7 Å². The molecule has 0 fully saturated rings. The van der Waals surface area contributed by atoms with Crippen LogP contribution >= 0.6 is 11.3 Å². The molecule has 0 aliphatic carbocycles. The molecule has 0 spiro atoms. The Kier molecular flexibility index (Phi) is 3.76. The number of thiophene rings is 1. The third kappa shape index (κ3) is 2.71. The van der Waals surface area contributed by atoms with Crippen molar-refractivity contribution in [3.05, 3.63) is 46.2 Å². The van der Waals surface area contributed by atoms with Crippen molar-refractivity contribution in [1.82, 2.24) is 0 Å². The number of nitrogen functional groups attached to an aromatic ring is 1. The molecule has 0 amide bonds. The van der Waals surface area contributed by atoms with Crippen LogP contribution in [0.4, 0.5) is 11.4 Å². The van der Waals surface area contributed by atoms with Gasteiger partial charge in [0.15, 0.2) is 0 Å². The summed E-state index contributed by atoms with van der Waals surface area (Å²) in [5.74, 6) is -0.965. The molecule has 2 aromatic rings. The number of hydrogen-bond donors (Lipinski definition) is 2. The molecule has 1 atom stereocenters. The fourth-order valence-electron chi connectivity index (χ4n) is 1.96. The molecular formula is C14H16N2O2S. The average Bonchev–Trinajstić information content (AvgIpc) is 2.90. The van der Waals surface area contributed by atoms with Crippen molar-refractivity contribution < 1.29 is 9.90 Å². The van der Waals surface area contributed by atoms with Gasteiger partial charge in [-0.05, 0) is 36.6 Å². The van der Waals surface area contributed by atoms with Crippen LogP contribution in [0, 0.1) is 0 Å². The highest BCUT2D eigenvalue weighted by atomic mass is 32.1. The summed E-state index contributed by atoms with van der Waals surface area (Å²) in [5.41, 5.74) is 7.01. The van der Waals surface area contributed by atoms with Crippen LogP contribution in [0.5, 0.6) is 0 Å². The van der Waals surface area contributed by atoms with Crippen molar-refractivity contribution in [1.29, 1.82) is 0 Å². The lowest BCUT2D eigenvalue weighted by Gasteiger charge is -2.27. The van der Waals surface area contributed by atoms with Gasteiger partial charge in [0.05, 0.1) is 17.3 Å². The number of carboxylic acids is 1. The Balaban J connectivity index is 2.38. The minimum absolute atomic E-state index is 0.113. The highest BCUT2D eigenvalue weighted by Crippen LogP contribution is 2.31. The molecule has 2 rings (SSSR count). The number of rotatable bonds is 4. The van der Waals surface area contributed by atoms with Crippen molar-refractivity contribution in [3.8, 4) is 0 Å².